The molecule has 3 N–H and O–H groups in total. The van der Waals surface area contributed by atoms with Gasteiger partial charge in [0.1, 0.15) is 0 Å². The van der Waals surface area contributed by atoms with Crippen molar-refractivity contribution < 1.29 is 8.42 Å². The molecule has 7 nitrogen and oxygen atoms in total. The number of rotatable bonds is 10. The number of nitrogens with zero attached hydrogens (tertiary/aromatic N) is 2. The Balaban J connectivity index is 0.00000392. The largest absolute Gasteiger partial charge is 0.357 e. The van der Waals surface area contributed by atoms with Crippen LogP contribution in [0.2, 0.25) is 0 Å². The molecule has 1 heterocycles. The van der Waals surface area contributed by atoms with Gasteiger partial charge in [-0.1, -0.05) is 18.6 Å². The molecular weight excluding hydrogens is 489 g/mol. The molecule has 0 radical (unpaired) electrons. The highest BCUT2D eigenvalue weighted by Crippen LogP contribution is 2.25. The lowest BCUT2D eigenvalue weighted by Crippen LogP contribution is -2.49. The van der Waals surface area contributed by atoms with Crippen LogP contribution in [0.5, 0.6) is 0 Å². The molecule has 2 aliphatic rings. The second kappa shape index (κ2) is 13.0. The summed E-state index contributed by atoms with van der Waals surface area (Å²) in [4.78, 5) is 6.89. The van der Waals surface area contributed by atoms with E-state index in [1.165, 1.54) is 12.0 Å². The third-order valence-electron chi connectivity index (χ3n) is 5.21. The van der Waals surface area contributed by atoms with Crippen LogP contribution in [0.25, 0.3) is 0 Å². The average molecular weight is 528 g/mol. The van der Waals surface area contributed by atoms with Crippen molar-refractivity contribution in [2.75, 3.05) is 45.0 Å². The van der Waals surface area contributed by atoms with Gasteiger partial charge in [-0.2, -0.15) is 0 Å². The molecule has 1 saturated carbocycles. The molecule has 2 rings (SSSR count). The molecule has 0 aromatic rings. The Morgan fingerprint density at radius 1 is 1.21 bits per heavy atom. The van der Waals surface area contributed by atoms with Gasteiger partial charge in [0.05, 0.1) is 12.3 Å². The molecule has 2 fully saturated rings. The van der Waals surface area contributed by atoms with Gasteiger partial charge >= 0.3 is 0 Å². The van der Waals surface area contributed by atoms with Gasteiger partial charge < -0.3 is 10.6 Å². The number of aliphatic imine (C=N–C) groups is 1. The summed E-state index contributed by atoms with van der Waals surface area (Å²) in [7, 11) is -3.24. The monoisotopic (exact) mass is 527 g/mol. The van der Waals surface area contributed by atoms with Crippen molar-refractivity contribution in [2.24, 2.45) is 10.9 Å². The number of guanidine groups is 1. The van der Waals surface area contributed by atoms with E-state index in [4.69, 9.17) is 0 Å². The lowest BCUT2D eigenvalue weighted by molar-refractivity contribution is 0.221. The third kappa shape index (κ3) is 9.89. The second-order valence-electron chi connectivity index (χ2n) is 7.88. The standard InChI is InChI=1S/C19H37N5O2S.HI/c1-4-20-19(23-18-8-11-24(12-9-18)15-16(2)3)21-10-13-27(25,26)22-14-17-6-5-7-17;/h17-18,22H,2,4-15H2,1,3H3,(H2,20,21,23);1H. The van der Waals surface area contributed by atoms with Crippen LogP contribution < -0.4 is 15.4 Å². The predicted octanol–water partition coefficient (Wildman–Crippen LogP) is 1.92. The summed E-state index contributed by atoms with van der Waals surface area (Å²) in [5, 5.41) is 6.68. The maximum absolute atomic E-state index is 12.1. The van der Waals surface area contributed by atoms with E-state index < -0.39 is 10.0 Å². The first kappa shape index (κ1) is 25.6. The quantitative estimate of drug-likeness (QED) is 0.175. The molecule has 164 valence electrons. The Bertz CT molecular complexity index is 599. The van der Waals surface area contributed by atoms with Gasteiger partial charge in [0.2, 0.25) is 10.0 Å². The molecule has 1 aliphatic carbocycles. The van der Waals surface area contributed by atoms with Crippen LogP contribution in [-0.2, 0) is 10.0 Å². The van der Waals surface area contributed by atoms with Crippen LogP contribution in [0.15, 0.2) is 17.1 Å². The molecular formula is C19H38IN5O2S. The van der Waals surface area contributed by atoms with Crippen LogP contribution in [0.1, 0.15) is 46.0 Å². The summed E-state index contributed by atoms with van der Waals surface area (Å²) in [6, 6.07) is 0.373. The van der Waals surface area contributed by atoms with Gasteiger partial charge in [-0.3, -0.25) is 9.89 Å². The maximum atomic E-state index is 12.1. The maximum Gasteiger partial charge on any atom is 0.213 e. The Morgan fingerprint density at radius 3 is 2.43 bits per heavy atom. The molecule has 0 unspecified atom stereocenters. The minimum Gasteiger partial charge on any atom is -0.357 e. The van der Waals surface area contributed by atoms with E-state index in [-0.39, 0.29) is 36.3 Å². The Hall–Kier alpha value is -0.390. The molecule has 0 spiro atoms. The molecule has 1 saturated heterocycles. The number of likely N-dealkylation sites (tertiary alicyclic amines) is 1. The van der Waals surface area contributed by atoms with Crippen molar-refractivity contribution in [3.63, 3.8) is 0 Å². The molecule has 1 aliphatic heterocycles. The van der Waals surface area contributed by atoms with Crippen molar-refractivity contribution in [2.45, 2.75) is 52.0 Å². The van der Waals surface area contributed by atoms with Gasteiger partial charge in [-0.25, -0.2) is 13.1 Å². The van der Waals surface area contributed by atoms with Crippen LogP contribution in [0, 0.1) is 5.92 Å². The van der Waals surface area contributed by atoms with E-state index in [2.05, 4.69) is 38.8 Å². The fourth-order valence-corrected chi connectivity index (χ4v) is 4.39. The third-order valence-corrected chi connectivity index (χ3v) is 6.54. The van der Waals surface area contributed by atoms with Crippen molar-refractivity contribution in [3.05, 3.63) is 12.2 Å². The van der Waals surface area contributed by atoms with Crippen LogP contribution >= 0.6 is 24.0 Å². The highest BCUT2D eigenvalue weighted by atomic mass is 127. The minimum absolute atomic E-state index is 0. The topological polar surface area (TPSA) is 85.8 Å². The Morgan fingerprint density at radius 2 is 1.89 bits per heavy atom. The number of piperidine rings is 1. The number of hydrogen-bond donors (Lipinski definition) is 3. The minimum atomic E-state index is -3.24. The zero-order valence-electron chi connectivity index (χ0n) is 17.4. The van der Waals surface area contributed by atoms with E-state index in [1.54, 1.807) is 0 Å². The van der Waals surface area contributed by atoms with E-state index in [0.717, 1.165) is 51.9 Å². The van der Waals surface area contributed by atoms with Crippen molar-refractivity contribution >= 4 is 40.0 Å². The molecule has 0 amide bonds. The zero-order valence-corrected chi connectivity index (χ0v) is 20.5. The summed E-state index contributed by atoms with van der Waals surface area (Å²) in [6.45, 7) is 12.7. The molecule has 0 aromatic heterocycles. The van der Waals surface area contributed by atoms with Gasteiger partial charge in [0.25, 0.3) is 0 Å². The summed E-state index contributed by atoms with van der Waals surface area (Å²) in [5.41, 5.74) is 1.20. The summed E-state index contributed by atoms with van der Waals surface area (Å²) in [5.74, 6) is 1.27. The van der Waals surface area contributed by atoms with E-state index in [1.807, 2.05) is 6.92 Å². The number of nitrogens with one attached hydrogen (secondary N) is 3. The molecule has 9 heteroatoms. The number of sulfonamides is 1. The lowest BCUT2D eigenvalue weighted by atomic mass is 9.86. The molecule has 0 aromatic carbocycles. The van der Waals surface area contributed by atoms with Crippen molar-refractivity contribution in [3.8, 4) is 0 Å². The molecule has 0 bridgehead atoms. The smallest absolute Gasteiger partial charge is 0.213 e. The fourth-order valence-electron chi connectivity index (χ4n) is 3.42. The average Bonchev–Trinajstić information content (AvgIpc) is 2.54. The Kier molecular flexibility index (Phi) is 11.9. The van der Waals surface area contributed by atoms with Crippen LogP contribution in [-0.4, -0.2) is 70.3 Å². The molecule has 28 heavy (non-hydrogen) atoms. The Labute approximate surface area is 188 Å². The van der Waals surface area contributed by atoms with Gasteiger partial charge in [-0.05, 0) is 45.4 Å². The van der Waals surface area contributed by atoms with Gasteiger partial charge in [-0.15, -0.1) is 24.0 Å². The first-order valence-electron chi connectivity index (χ1n) is 10.3. The summed E-state index contributed by atoms with van der Waals surface area (Å²) >= 11 is 0. The van der Waals surface area contributed by atoms with Gasteiger partial charge in [0.15, 0.2) is 5.96 Å². The predicted molar refractivity (Wildman–Crippen MR) is 128 cm³/mol. The SMILES string of the molecule is C=C(C)CN1CCC(NC(=NCCS(=O)(=O)NCC2CCC2)NCC)CC1.I. The number of halogens is 1. The number of hydrogen-bond acceptors (Lipinski definition) is 4. The van der Waals surface area contributed by atoms with Crippen molar-refractivity contribution in [1.29, 1.82) is 0 Å². The first-order valence-corrected chi connectivity index (χ1v) is 11.9. The fraction of sp³-hybridized carbons (Fsp3) is 0.842. The van der Waals surface area contributed by atoms with Crippen LogP contribution in [0.3, 0.4) is 0 Å². The summed E-state index contributed by atoms with van der Waals surface area (Å²) in [6.07, 6.45) is 5.61. The van der Waals surface area contributed by atoms with E-state index >= 15 is 0 Å². The van der Waals surface area contributed by atoms with Crippen LogP contribution in [0.4, 0.5) is 0 Å². The second-order valence-corrected chi connectivity index (χ2v) is 9.80. The normalized spacial score (nSPS) is 19.6. The van der Waals surface area contributed by atoms with Gasteiger partial charge in [0, 0.05) is 38.8 Å². The van der Waals surface area contributed by atoms with E-state index in [0.29, 0.717) is 24.5 Å². The highest BCUT2D eigenvalue weighted by Gasteiger charge is 2.21. The lowest BCUT2D eigenvalue weighted by Gasteiger charge is -2.33. The first-order chi connectivity index (χ1) is 12.9. The molecule has 0 atom stereocenters. The highest BCUT2D eigenvalue weighted by molar-refractivity contribution is 14.0. The van der Waals surface area contributed by atoms with E-state index in [9.17, 15) is 8.42 Å². The summed E-state index contributed by atoms with van der Waals surface area (Å²) < 4.78 is 26.9. The zero-order chi connectivity index (χ0) is 19.7. The van der Waals surface area contributed by atoms with Crippen molar-refractivity contribution in [1.82, 2.24) is 20.3 Å².